The Bertz CT molecular complexity index is 1080. The highest BCUT2D eigenvalue weighted by atomic mass is 35.5. The van der Waals surface area contributed by atoms with Crippen LogP contribution in [0.4, 0.5) is 15.8 Å². The average Bonchev–Trinajstić information content (AvgIpc) is 3.57. The summed E-state index contributed by atoms with van der Waals surface area (Å²) in [7, 11) is 0. The minimum Gasteiger partial charge on any atom is -0.370 e. The maximum absolute atomic E-state index is 14.9. The fourth-order valence-corrected chi connectivity index (χ4v) is 4.95. The van der Waals surface area contributed by atoms with Gasteiger partial charge >= 0.3 is 0 Å². The second-order valence-corrected chi connectivity index (χ2v) is 9.86. The van der Waals surface area contributed by atoms with Crippen molar-refractivity contribution in [3.8, 4) is 0 Å². The van der Waals surface area contributed by atoms with Crippen LogP contribution in [0.2, 0.25) is 4.34 Å². The molecule has 1 aliphatic heterocycles. The number of rotatable bonds is 9. The van der Waals surface area contributed by atoms with Gasteiger partial charge in [0.1, 0.15) is 18.5 Å². The molecule has 1 saturated carbocycles. The Balaban J connectivity index is 1.46. The van der Waals surface area contributed by atoms with Crippen molar-refractivity contribution in [3.63, 3.8) is 0 Å². The smallest absolute Gasteiger partial charge is 0.261 e. The van der Waals surface area contributed by atoms with Crippen LogP contribution in [0.3, 0.4) is 0 Å². The average molecular weight is 509 g/mol. The van der Waals surface area contributed by atoms with E-state index in [1.165, 1.54) is 17.0 Å². The molecular formula is C23H26ClFN4O4S. The molecule has 0 unspecified atom stereocenters. The molecule has 1 aliphatic carbocycles. The van der Waals surface area contributed by atoms with E-state index in [0.29, 0.717) is 34.6 Å². The van der Waals surface area contributed by atoms with Crippen molar-refractivity contribution in [2.24, 2.45) is 0 Å². The van der Waals surface area contributed by atoms with Crippen molar-refractivity contribution in [2.45, 2.75) is 31.8 Å². The van der Waals surface area contributed by atoms with Gasteiger partial charge in [-0.25, -0.2) is 4.39 Å². The van der Waals surface area contributed by atoms with Gasteiger partial charge in [0, 0.05) is 24.8 Å². The molecule has 2 fully saturated rings. The second kappa shape index (κ2) is 10.8. The summed E-state index contributed by atoms with van der Waals surface area (Å²) in [6.45, 7) is 3.32. The maximum atomic E-state index is 14.9. The summed E-state index contributed by atoms with van der Waals surface area (Å²) in [6, 6.07) is 7.13. The summed E-state index contributed by atoms with van der Waals surface area (Å²) < 4.78 is 20.5. The summed E-state index contributed by atoms with van der Waals surface area (Å²) in [5.74, 6) is -1.61. The number of ether oxygens (including phenoxy) is 1. The predicted molar refractivity (Wildman–Crippen MR) is 129 cm³/mol. The van der Waals surface area contributed by atoms with Crippen molar-refractivity contribution in [2.75, 3.05) is 43.1 Å². The Morgan fingerprint density at radius 1 is 1.32 bits per heavy atom. The molecule has 2 aromatic rings. The Morgan fingerprint density at radius 3 is 2.74 bits per heavy atom. The lowest BCUT2D eigenvalue weighted by molar-refractivity contribution is -0.125. The number of amides is 3. The first-order valence-electron chi connectivity index (χ1n) is 11.1. The number of anilines is 2. The van der Waals surface area contributed by atoms with Gasteiger partial charge in [-0.15, -0.1) is 11.3 Å². The number of carbonyl (C=O) groups excluding carboxylic acids is 3. The third-order valence-electron chi connectivity index (χ3n) is 5.85. The lowest BCUT2D eigenvalue weighted by Crippen LogP contribution is -2.51. The Hall–Kier alpha value is -2.53. The fraction of sp³-hybridized carbons (Fsp3) is 0.435. The molecule has 1 aromatic heterocycles. The summed E-state index contributed by atoms with van der Waals surface area (Å²) in [5, 5.41) is 5.47. The Morgan fingerprint density at radius 2 is 2.12 bits per heavy atom. The van der Waals surface area contributed by atoms with Gasteiger partial charge in [-0.1, -0.05) is 18.5 Å². The SMILES string of the molecule is CCN(C1CC1)[C@@H](CNC(=O)c1ccc(Cl)s1)C(=O)Nc1ccc(N2CCOCC2=O)cc1F. The molecule has 2 heterocycles. The van der Waals surface area contributed by atoms with Crippen molar-refractivity contribution in [3.05, 3.63) is 45.4 Å². The van der Waals surface area contributed by atoms with Gasteiger partial charge in [-0.2, -0.15) is 0 Å². The van der Waals surface area contributed by atoms with E-state index >= 15 is 0 Å². The highest BCUT2D eigenvalue weighted by Gasteiger charge is 2.37. The van der Waals surface area contributed by atoms with Crippen LogP contribution in [-0.4, -0.2) is 67.6 Å². The number of nitrogens with zero attached hydrogens (tertiary/aromatic N) is 2. The molecule has 182 valence electrons. The topological polar surface area (TPSA) is 91.0 Å². The summed E-state index contributed by atoms with van der Waals surface area (Å²) in [4.78, 5) is 41.7. The van der Waals surface area contributed by atoms with Crippen molar-refractivity contribution in [1.29, 1.82) is 0 Å². The molecule has 0 bridgehead atoms. The Labute approximate surface area is 206 Å². The maximum Gasteiger partial charge on any atom is 0.261 e. The van der Waals surface area contributed by atoms with E-state index in [1.807, 2.05) is 11.8 Å². The molecule has 1 saturated heterocycles. The molecule has 11 heteroatoms. The largest absolute Gasteiger partial charge is 0.370 e. The minimum atomic E-state index is -0.670. The van der Waals surface area contributed by atoms with Crippen LogP contribution >= 0.6 is 22.9 Å². The lowest BCUT2D eigenvalue weighted by atomic mass is 10.2. The van der Waals surface area contributed by atoms with Crippen LogP contribution in [0.1, 0.15) is 29.4 Å². The number of morpholine rings is 1. The number of benzene rings is 1. The zero-order valence-corrected chi connectivity index (χ0v) is 20.3. The quantitative estimate of drug-likeness (QED) is 0.543. The van der Waals surface area contributed by atoms with E-state index in [1.54, 1.807) is 18.2 Å². The second-order valence-electron chi connectivity index (χ2n) is 8.14. The van der Waals surface area contributed by atoms with Gasteiger partial charge in [0.05, 0.1) is 21.5 Å². The number of nitrogens with one attached hydrogen (secondary N) is 2. The van der Waals surface area contributed by atoms with Crippen LogP contribution < -0.4 is 15.5 Å². The summed E-state index contributed by atoms with van der Waals surface area (Å²) in [5.41, 5.74) is 0.429. The number of carbonyl (C=O) groups is 3. The third kappa shape index (κ3) is 5.75. The van der Waals surface area contributed by atoms with E-state index in [2.05, 4.69) is 10.6 Å². The molecule has 0 spiro atoms. The zero-order valence-electron chi connectivity index (χ0n) is 18.7. The van der Waals surface area contributed by atoms with Gasteiger partial charge in [0.2, 0.25) is 5.91 Å². The predicted octanol–water partition coefficient (Wildman–Crippen LogP) is 3.13. The first kappa shape index (κ1) is 24.6. The molecule has 1 atom stereocenters. The molecule has 2 N–H and O–H groups in total. The van der Waals surface area contributed by atoms with E-state index in [-0.39, 0.29) is 36.7 Å². The van der Waals surface area contributed by atoms with Crippen molar-refractivity contribution in [1.82, 2.24) is 10.2 Å². The number of likely N-dealkylation sites (N-methyl/N-ethyl adjacent to an activating group) is 1. The molecule has 3 amide bonds. The first-order chi connectivity index (χ1) is 16.4. The fourth-order valence-electron chi connectivity index (χ4n) is 3.99. The molecule has 4 rings (SSSR count). The highest BCUT2D eigenvalue weighted by Crippen LogP contribution is 2.29. The van der Waals surface area contributed by atoms with Crippen LogP contribution in [-0.2, 0) is 14.3 Å². The molecule has 34 heavy (non-hydrogen) atoms. The van der Waals surface area contributed by atoms with Gasteiger partial charge in [-0.3, -0.25) is 19.3 Å². The van der Waals surface area contributed by atoms with Crippen molar-refractivity contribution < 1.29 is 23.5 Å². The summed E-state index contributed by atoms with van der Waals surface area (Å²) >= 11 is 7.08. The monoisotopic (exact) mass is 508 g/mol. The number of hydrogen-bond donors (Lipinski definition) is 2. The van der Waals surface area contributed by atoms with E-state index in [4.69, 9.17) is 16.3 Å². The van der Waals surface area contributed by atoms with Crippen LogP contribution in [0.25, 0.3) is 0 Å². The third-order valence-corrected chi connectivity index (χ3v) is 7.07. The van der Waals surface area contributed by atoms with E-state index < -0.39 is 17.8 Å². The van der Waals surface area contributed by atoms with Gasteiger partial charge in [-0.05, 0) is 49.7 Å². The number of thiophene rings is 1. The minimum absolute atomic E-state index is 0.0164. The van der Waals surface area contributed by atoms with Crippen LogP contribution in [0.15, 0.2) is 30.3 Å². The van der Waals surface area contributed by atoms with Gasteiger partial charge in [0.25, 0.3) is 11.8 Å². The summed E-state index contributed by atoms with van der Waals surface area (Å²) in [6.07, 6.45) is 1.95. The Kier molecular flexibility index (Phi) is 7.82. The van der Waals surface area contributed by atoms with Crippen LogP contribution in [0, 0.1) is 5.82 Å². The molecule has 8 nitrogen and oxygen atoms in total. The number of halogens is 2. The highest BCUT2D eigenvalue weighted by molar-refractivity contribution is 7.18. The zero-order chi connectivity index (χ0) is 24.2. The van der Waals surface area contributed by atoms with Crippen molar-refractivity contribution >= 4 is 52.0 Å². The molecule has 2 aliphatic rings. The first-order valence-corrected chi connectivity index (χ1v) is 12.3. The van der Waals surface area contributed by atoms with Gasteiger partial charge < -0.3 is 20.3 Å². The number of hydrogen-bond acceptors (Lipinski definition) is 6. The van der Waals surface area contributed by atoms with E-state index in [9.17, 15) is 18.8 Å². The molecular weight excluding hydrogens is 483 g/mol. The standard InChI is InChI=1S/C23H26ClFN4O4S/c1-2-28(14-3-4-14)18(12-26-23(32)19-7-8-20(24)34-19)22(31)27-17-6-5-15(11-16(17)25)29-9-10-33-13-21(29)30/h5-8,11,14,18H,2-4,9-10,12-13H2,1H3,(H,26,32)(H,27,31)/t18-/m0/s1. The normalized spacial score (nSPS) is 17.1. The molecule has 0 radical (unpaired) electrons. The lowest BCUT2D eigenvalue weighted by Gasteiger charge is -2.30. The molecule has 1 aromatic carbocycles. The van der Waals surface area contributed by atoms with E-state index in [0.717, 1.165) is 24.2 Å². The van der Waals surface area contributed by atoms with Gasteiger partial charge in [0.15, 0.2) is 0 Å². The van der Waals surface area contributed by atoms with Crippen LogP contribution in [0.5, 0.6) is 0 Å².